The van der Waals surface area contributed by atoms with Crippen molar-refractivity contribution in [2.75, 3.05) is 19.6 Å². The highest BCUT2D eigenvalue weighted by Crippen LogP contribution is 2.37. The molecule has 2 fully saturated rings. The van der Waals surface area contributed by atoms with E-state index in [2.05, 4.69) is 11.8 Å². The van der Waals surface area contributed by atoms with E-state index in [1.54, 1.807) is 0 Å². The van der Waals surface area contributed by atoms with Crippen LogP contribution in [0.2, 0.25) is 0 Å². The van der Waals surface area contributed by atoms with Crippen LogP contribution >= 0.6 is 0 Å². The first kappa shape index (κ1) is 14.0. The van der Waals surface area contributed by atoms with Gasteiger partial charge in [-0.25, -0.2) is 0 Å². The first-order valence-corrected chi connectivity index (χ1v) is 7.97. The minimum Gasteiger partial charge on any atom is -0.303 e. The van der Waals surface area contributed by atoms with Crippen molar-refractivity contribution >= 4 is 6.29 Å². The number of hydrogen-bond acceptors (Lipinski definition) is 2. The van der Waals surface area contributed by atoms with Crippen LogP contribution in [0.15, 0.2) is 0 Å². The molecule has 1 unspecified atom stereocenters. The molecule has 18 heavy (non-hydrogen) atoms. The van der Waals surface area contributed by atoms with Gasteiger partial charge in [-0.05, 0) is 51.1 Å². The highest BCUT2D eigenvalue weighted by Gasteiger charge is 2.35. The molecule has 0 amide bonds. The molecule has 1 aliphatic heterocycles. The lowest BCUT2D eigenvalue weighted by molar-refractivity contribution is -0.117. The summed E-state index contributed by atoms with van der Waals surface area (Å²) in [5, 5.41) is 0. The number of nitrogens with zero attached hydrogens (tertiary/aromatic N) is 1. The molecule has 0 bridgehead atoms. The summed E-state index contributed by atoms with van der Waals surface area (Å²) in [5.74, 6) is 0.941. The average Bonchev–Trinajstić information content (AvgIpc) is 2.74. The van der Waals surface area contributed by atoms with Crippen LogP contribution < -0.4 is 0 Å². The predicted molar refractivity (Wildman–Crippen MR) is 75.7 cm³/mol. The van der Waals surface area contributed by atoms with Crippen LogP contribution in [0.25, 0.3) is 0 Å². The van der Waals surface area contributed by atoms with Crippen molar-refractivity contribution in [1.29, 1.82) is 0 Å². The fourth-order valence-corrected chi connectivity index (χ4v) is 3.92. The predicted octanol–water partition coefficient (Wildman–Crippen LogP) is 3.65. The van der Waals surface area contributed by atoms with Gasteiger partial charge in [-0.3, -0.25) is 0 Å². The summed E-state index contributed by atoms with van der Waals surface area (Å²) in [4.78, 5) is 14.0. The van der Waals surface area contributed by atoms with E-state index in [1.165, 1.54) is 64.3 Å². The molecule has 0 aromatic rings. The van der Waals surface area contributed by atoms with Gasteiger partial charge in [0.2, 0.25) is 0 Å². The van der Waals surface area contributed by atoms with Crippen molar-refractivity contribution in [1.82, 2.24) is 4.90 Å². The molecule has 1 atom stereocenters. The van der Waals surface area contributed by atoms with Gasteiger partial charge in [0.1, 0.15) is 6.29 Å². The molecule has 1 heterocycles. The molecule has 2 nitrogen and oxygen atoms in total. The smallest absolute Gasteiger partial charge is 0.127 e. The molecule has 0 aromatic heterocycles. The van der Waals surface area contributed by atoms with Gasteiger partial charge in [0.05, 0.1) is 0 Å². The van der Waals surface area contributed by atoms with E-state index >= 15 is 0 Å². The molecule has 2 heteroatoms. The van der Waals surface area contributed by atoms with E-state index in [9.17, 15) is 4.79 Å². The summed E-state index contributed by atoms with van der Waals surface area (Å²) >= 11 is 0. The maximum atomic E-state index is 11.4. The molecule has 0 aromatic carbocycles. The zero-order valence-electron chi connectivity index (χ0n) is 12.0. The van der Waals surface area contributed by atoms with Crippen molar-refractivity contribution in [2.24, 2.45) is 11.3 Å². The molecular formula is C16H29NO. The Morgan fingerprint density at radius 2 is 1.94 bits per heavy atom. The van der Waals surface area contributed by atoms with E-state index in [0.29, 0.717) is 0 Å². The van der Waals surface area contributed by atoms with Crippen LogP contribution in [0.1, 0.15) is 64.7 Å². The van der Waals surface area contributed by atoms with E-state index in [0.717, 1.165) is 25.3 Å². The largest absolute Gasteiger partial charge is 0.303 e. The van der Waals surface area contributed by atoms with Crippen molar-refractivity contribution in [2.45, 2.75) is 64.7 Å². The highest BCUT2D eigenvalue weighted by molar-refractivity contribution is 5.60. The van der Waals surface area contributed by atoms with Crippen molar-refractivity contribution in [3.63, 3.8) is 0 Å². The van der Waals surface area contributed by atoms with Gasteiger partial charge in [-0.1, -0.05) is 32.6 Å². The molecule has 0 spiro atoms. The Bertz CT molecular complexity index is 258. The van der Waals surface area contributed by atoms with Gasteiger partial charge < -0.3 is 9.69 Å². The summed E-state index contributed by atoms with van der Waals surface area (Å²) in [7, 11) is 0. The molecule has 1 aliphatic carbocycles. The zero-order valence-corrected chi connectivity index (χ0v) is 12.0. The fourth-order valence-electron chi connectivity index (χ4n) is 3.92. The second kappa shape index (κ2) is 6.70. The maximum Gasteiger partial charge on any atom is 0.127 e. The van der Waals surface area contributed by atoms with Crippen LogP contribution in [0.3, 0.4) is 0 Å². The Morgan fingerprint density at radius 3 is 2.61 bits per heavy atom. The van der Waals surface area contributed by atoms with Gasteiger partial charge in [0.25, 0.3) is 0 Å². The normalized spacial score (nSPS) is 29.1. The van der Waals surface area contributed by atoms with Crippen LogP contribution in [-0.2, 0) is 4.79 Å². The Balaban J connectivity index is 1.84. The van der Waals surface area contributed by atoms with Crippen LogP contribution in [-0.4, -0.2) is 30.8 Å². The summed E-state index contributed by atoms with van der Waals surface area (Å²) < 4.78 is 0. The van der Waals surface area contributed by atoms with E-state index < -0.39 is 0 Å². The fraction of sp³-hybridized carbons (Fsp3) is 0.938. The Hall–Kier alpha value is -0.370. The van der Waals surface area contributed by atoms with Crippen molar-refractivity contribution in [3.05, 3.63) is 0 Å². The first-order valence-electron chi connectivity index (χ1n) is 7.97. The van der Waals surface area contributed by atoms with Gasteiger partial charge in [-0.2, -0.15) is 0 Å². The van der Waals surface area contributed by atoms with Gasteiger partial charge >= 0.3 is 0 Å². The zero-order chi connectivity index (χ0) is 12.8. The van der Waals surface area contributed by atoms with E-state index in [1.807, 2.05) is 0 Å². The second-order valence-corrected chi connectivity index (χ2v) is 6.55. The minimum absolute atomic E-state index is 0.0184. The molecule has 2 aliphatic rings. The summed E-state index contributed by atoms with van der Waals surface area (Å²) in [6.45, 7) is 5.77. The summed E-state index contributed by atoms with van der Waals surface area (Å²) in [5.41, 5.74) is 0.0184. The van der Waals surface area contributed by atoms with Gasteiger partial charge in [-0.15, -0.1) is 0 Å². The standard InChI is InChI=1S/C16H29NO/c1-2-6-15-7-5-11-17(12-8-15)13-16(14-18)9-3-4-10-16/h14-15H,2-13H2,1H3. The van der Waals surface area contributed by atoms with E-state index in [4.69, 9.17) is 0 Å². The molecule has 2 rings (SSSR count). The lowest BCUT2D eigenvalue weighted by Crippen LogP contribution is -2.38. The topological polar surface area (TPSA) is 20.3 Å². The third-order valence-electron chi connectivity index (χ3n) is 5.03. The molecule has 0 radical (unpaired) electrons. The lowest BCUT2D eigenvalue weighted by Gasteiger charge is -2.30. The van der Waals surface area contributed by atoms with Crippen LogP contribution in [0, 0.1) is 11.3 Å². The SMILES string of the molecule is CCCC1CCCN(CC2(C=O)CCCC2)CC1. The number of aldehydes is 1. The molecule has 104 valence electrons. The third-order valence-corrected chi connectivity index (χ3v) is 5.03. The quantitative estimate of drug-likeness (QED) is 0.695. The number of carbonyl (C=O) groups excluding carboxylic acids is 1. The Morgan fingerprint density at radius 1 is 1.17 bits per heavy atom. The number of rotatable bonds is 5. The highest BCUT2D eigenvalue weighted by atomic mass is 16.1. The number of likely N-dealkylation sites (tertiary alicyclic amines) is 1. The summed E-state index contributed by atoms with van der Waals surface area (Å²) in [6, 6.07) is 0. The third kappa shape index (κ3) is 3.57. The average molecular weight is 251 g/mol. The Kier molecular flexibility index (Phi) is 5.23. The van der Waals surface area contributed by atoms with E-state index in [-0.39, 0.29) is 5.41 Å². The molecule has 0 N–H and O–H groups in total. The van der Waals surface area contributed by atoms with Crippen LogP contribution in [0.4, 0.5) is 0 Å². The minimum atomic E-state index is 0.0184. The summed E-state index contributed by atoms with van der Waals surface area (Å²) in [6.07, 6.45) is 12.8. The van der Waals surface area contributed by atoms with Crippen molar-refractivity contribution < 1.29 is 4.79 Å². The first-order chi connectivity index (χ1) is 8.78. The van der Waals surface area contributed by atoms with Crippen LogP contribution in [0.5, 0.6) is 0 Å². The maximum absolute atomic E-state index is 11.4. The number of carbonyl (C=O) groups is 1. The van der Waals surface area contributed by atoms with Gasteiger partial charge in [0, 0.05) is 12.0 Å². The molecule has 1 saturated carbocycles. The second-order valence-electron chi connectivity index (χ2n) is 6.55. The Labute approximate surface area is 112 Å². The van der Waals surface area contributed by atoms with Crippen molar-refractivity contribution in [3.8, 4) is 0 Å². The molecular weight excluding hydrogens is 222 g/mol. The lowest BCUT2D eigenvalue weighted by atomic mass is 9.87. The van der Waals surface area contributed by atoms with Gasteiger partial charge in [0.15, 0.2) is 0 Å². The number of hydrogen-bond donors (Lipinski definition) is 0. The monoisotopic (exact) mass is 251 g/mol. The molecule has 1 saturated heterocycles.